The fourth-order valence-corrected chi connectivity index (χ4v) is 3.98. The molecule has 2 rings (SSSR count). The van der Waals surface area contributed by atoms with Crippen molar-refractivity contribution >= 4 is 33.2 Å². The van der Waals surface area contributed by atoms with Gasteiger partial charge in [-0.15, -0.1) is 11.3 Å². The number of rotatable bonds is 5. The highest BCUT2D eigenvalue weighted by Gasteiger charge is 2.27. The molecular formula is C13H19BrN2O2S. The second kappa shape index (κ2) is 6.83. The molecule has 1 N–H and O–H groups in total. The van der Waals surface area contributed by atoms with Gasteiger partial charge in [0.05, 0.1) is 0 Å². The highest BCUT2D eigenvalue weighted by Crippen LogP contribution is 2.24. The molecule has 2 heterocycles. The Kier molecular flexibility index (Phi) is 5.38. The zero-order chi connectivity index (χ0) is 13.8. The lowest BCUT2D eigenvalue weighted by atomic mass is 10.1. The van der Waals surface area contributed by atoms with Crippen LogP contribution in [0, 0.1) is 0 Å². The Morgan fingerprint density at radius 3 is 2.63 bits per heavy atom. The first kappa shape index (κ1) is 15.0. The largest absolute Gasteiger partial charge is 0.480 e. The molecule has 6 heteroatoms. The monoisotopic (exact) mass is 346 g/mol. The third-order valence-corrected chi connectivity index (χ3v) is 5.49. The normalized spacial score (nSPS) is 19.5. The van der Waals surface area contributed by atoms with Gasteiger partial charge in [-0.3, -0.25) is 14.6 Å². The van der Waals surface area contributed by atoms with Crippen LogP contribution in [0.1, 0.15) is 18.2 Å². The van der Waals surface area contributed by atoms with Crippen molar-refractivity contribution in [2.45, 2.75) is 25.9 Å². The quantitative estimate of drug-likeness (QED) is 0.889. The minimum absolute atomic E-state index is 0.323. The Labute approximate surface area is 126 Å². The SMILES string of the molecule is CC[C@H](C(=O)O)N1CCN(Cc2sccc2Br)CC1. The van der Waals surface area contributed by atoms with Gasteiger partial charge in [0.1, 0.15) is 6.04 Å². The number of hydrogen-bond acceptors (Lipinski definition) is 4. The van der Waals surface area contributed by atoms with Crippen LogP contribution in [-0.2, 0) is 11.3 Å². The number of carboxylic acids is 1. The molecule has 1 aromatic heterocycles. The predicted octanol–water partition coefficient (Wildman–Crippen LogP) is 2.49. The van der Waals surface area contributed by atoms with Crippen molar-refractivity contribution < 1.29 is 9.90 Å². The molecule has 106 valence electrons. The molecule has 0 aliphatic carbocycles. The molecule has 1 fully saturated rings. The van der Waals surface area contributed by atoms with Gasteiger partial charge in [-0.05, 0) is 33.8 Å². The van der Waals surface area contributed by atoms with E-state index in [4.69, 9.17) is 0 Å². The lowest BCUT2D eigenvalue weighted by molar-refractivity contribution is -0.144. The van der Waals surface area contributed by atoms with E-state index in [0.29, 0.717) is 6.42 Å². The molecule has 1 aromatic rings. The maximum atomic E-state index is 11.2. The van der Waals surface area contributed by atoms with Crippen LogP contribution in [-0.4, -0.2) is 53.1 Å². The van der Waals surface area contributed by atoms with Gasteiger partial charge in [0.15, 0.2) is 0 Å². The maximum absolute atomic E-state index is 11.2. The van der Waals surface area contributed by atoms with E-state index in [0.717, 1.165) is 32.7 Å². The van der Waals surface area contributed by atoms with Crippen LogP contribution in [0.5, 0.6) is 0 Å². The number of piperazine rings is 1. The summed E-state index contributed by atoms with van der Waals surface area (Å²) in [6.07, 6.45) is 0.672. The van der Waals surface area contributed by atoms with E-state index in [2.05, 4.69) is 37.2 Å². The zero-order valence-electron chi connectivity index (χ0n) is 11.0. The first-order valence-electron chi connectivity index (χ1n) is 6.53. The van der Waals surface area contributed by atoms with Crippen LogP contribution < -0.4 is 0 Å². The maximum Gasteiger partial charge on any atom is 0.320 e. The van der Waals surface area contributed by atoms with Crippen molar-refractivity contribution in [1.29, 1.82) is 0 Å². The molecular weight excluding hydrogens is 328 g/mol. The number of thiophene rings is 1. The molecule has 0 radical (unpaired) electrons. The molecule has 0 bridgehead atoms. The first-order valence-corrected chi connectivity index (χ1v) is 8.20. The first-order chi connectivity index (χ1) is 9.11. The fraction of sp³-hybridized carbons (Fsp3) is 0.615. The summed E-state index contributed by atoms with van der Waals surface area (Å²) < 4.78 is 1.18. The zero-order valence-corrected chi connectivity index (χ0v) is 13.4. The lowest BCUT2D eigenvalue weighted by Gasteiger charge is -2.37. The molecule has 1 saturated heterocycles. The number of carboxylic acid groups (broad SMARTS) is 1. The second-order valence-electron chi connectivity index (χ2n) is 4.77. The van der Waals surface area contributed by atoms with E-state index in [1.807, 2.05) is 6.92 Å². The Balaban J connectivity index is 1.85. The van der Waals surface area contributed by atoms with Crippen LogP contribution in [0.2, 0.25) is 0 Å². The van der Waals surface area contributed by atoms with Gasteiger partial charge in [0, 0.05) is 42.1 Å². The van der Waals surface area contributed by atoms with Crippen LogP contribution in [0.4, 0.5) is 0 Å². The van der Waals surface area contributed by atoms with Gasteiger partial charge in [0.2, 0.25) is 0 Å². The smallest absolute Gasteiger partial charge is 0.320 e. The standard InChI is InChI=1S/C13H19BrN2O2S/c1-2-11(13(17)18)16-6-4-15(5-7-16)9-12-10(14)3-8-19-12/h3,8,11H,2,4-7,9H2,1H3,(H,17,18)/t11-/m1/s1. The third-order valence-electron chi connectivity index (χ3n) is 3.58. The van der Waals surface area contributed by atoms with E-state index in [1.165, 1.54) is 9.35 Å². The summed E-state index contributed by atoms with van der Waals surface area (Å²) in [5, 5.41) is 11.3. The second-order valence-corrected chi connectivity index (χ2v) is 6.62. The van der Waals surface area contributed by atoms with Crippen LogP contribution in [0.3, 0.4) is 0 Å². The van der Waals surface area contributed by atoms with Crippen molar-refractivity contribution in [2.75, 3.05) is 26.2 Å². The molecule has 1 atom stereocenters. The molecule has 19 heavy (non-hydrogen) atoms. The highest BCUT2D eigenvalue weighted by atomic mass is 79.9. The van der Waals surface area contributed by atoms with E-state index in [9.17, 15) is 9.90 Å². The van der Waals surface area contributed by atoms with E-state index >= 15 is 0 Å². The van der Waals surface area contributed by atoms with E-state index < -0.39 is 5.97 Å². The predicted molar refractivity (Wildman–Crippen MR) is 80.6 cm³/mol. The summed E-state index contributed by atoms with van der Waals surface area (Å²) in [5.41, 5.74) is 0. The molecule has 0 unspecified atom stereocenters. The Hall–Kier alpha value is -0.430. The number of carbonyl (C=O) groups is 1. The number of nitrogens with zero attached hydrogens (tertiary/aromatic N) is 2. The molecule has 1 aliphatic heterocycles. The topological polar surface area (TPSA) is 43.8 Å². The van der Waals surface area contributed by atoms with Gasteiger partial charge < -0.3 is 5.11 Å². The number of halogens is 1. The third kappa shape index (κ3) is 3.78. The van der Waals surface area contributed by atoms with Gasteiger partial charge in [-0.1, -0.05) is 6.92 Å². The average Bonchev–Trinajstić information content (AvgIpc) is 2.78. The molecule has 0 saturated carbocycles. The number of hydrogen-bond donors (Lipinski definition) is 1. The van der Waals surface area contributed by atoms with Gasteiger partial charge in [0.25, 0.3) is 0 Å². The van der Waals surface area contributed by atoms with Gasteiger partial charge in [-0.2, -0.15) is 0 Å². The van der Waals surface area contributed by atoms with Crippen molar-refractivity contribution in [2.24, 2.45) is 0 Å². The minimum Gasteiger partial charge on any atom is -0.480 e. The van der Waals surface area contributed by atoms with E-state index in [1.54, 1.807) is 11.3 Å². The molecule has 0 aromatic carbocycles. The van der Waals surface area contributed by atoms with Crippen molar-refractivity contribution in [1.82, 2.24) is 9.80 Å². The lowest BCUT2D eigenvalue weighted by Crippen LogP contribution is -2.52. The minimum atomic E-state index is -0.697. The highest BCUT2D eigenvalue weighted by molar-refractivity contribution is 9.10. The van der Waals surface area contributed by atoms with Crippen LogP contribution in [0.15, 0.2) is 15.9 Å². The van der Waals surface area contributed by atoms with Crippen LogP contribution >= 0.6 is 27.3 Å². The summed E-state index contributed by atoms with van der Waals surface area (Å²) in [4.78, 5) is 17.0. The fourth-order valence-electron chi connectivity index (χ4n) is 2.46. The molecule has 0 spiro atoms. The van der Waals surface area contributed by atoms with Crippen molar-refractivity contribution in [3.05, 3.63) is 20.8 Å². The van der Waals surface area contributed by atoms with Crippen LogP contribution in [0.25, 0.3) is 0 Å². The van der Waals surface area contributed by atoms with Gasteiger partial charge in [-0.25, -0.2) is 0 Å². The molecule has 1 aliphatic rings. The number of aliphatic carboxylic acids is 1. The molecule has 0 amide bonds. The molecule has 4 nitrogen and oxygen atoms in total. The summed E-state index contributed by atoms with van der Waals surface area (Å²) in [5.74, 6) is -0.697. The van der Waals surface area contributed by atoms with Crippen molar-refractivity contribution in [3.63, 3.8) is 0 Å². The summed E-state index contributed by atoms with van der Waals surface area (Å²) in [6.45, 7) is 6.45. The average molecular weight is 347 g/mol. The Bertz CT molecular complexity index is 430. The Morgan fingerprint density at radius 1 is 1.47 bits per heavy atom. The summed E-state index contributed by atoms with van der Waals surface area (Å²) >= 11 is 5.32. The van der Waals surface area contributed by atoms with Crippen molar-refractivity contribution in [3.8, 4) is 0 Å². The van der Waals surface area contributed by atoms with Gasteiger partial charge >= 0.3 is 5.97 Å². The Morgan fingerprint density at radius 2 is 2.16 bits per heavy atom. The summed E-state index contributed by atoms with van der Waals surface area (Å²) in [6, 6.07) is 1.75. The van der Waals surface area contributed by atoms with E-state index in [-0.39, 0.29) is 6.04 Å². The summed E-state index contributed by atoms with van der Waals surface area (Å²) in [7, 11) is 0.